The maximum absolute atomic E-state index is 13.2. The van der Waals surface area contributed by atoms with Gasteiger partial charge >= 0.3 is 6.36 Å². The molecule has 0 saturated heterocycles. The summed E-state index contributed by atoms with van der Waals surface area (Å²) in [7, 11) is 0. The molecule has 9 heteroatoms. The highest BCUT2D eigenvalue weighted by atomic mass is 19.4. The predicted molar refractivity (Wildman–Crippen MR) is 119 cm³/mol. The van der Waals surface area contributed by atoms with Gasteiger partial charge in [0.1, 0.15) is 11.6 Å². The Morgan fingerprint density at radius 3 is 2.59 bits per heavy atom. The zero-order chi connectivity index (χ0) is 24.0. The third kappa shape index (κ3) is 3.67. The van der Waals surface area contributed by atoms with E-state index in [-0.39, 0.29) is 22.9 Å². The highest BCUT2D eigenvalue weighted by Crippen LogP contribution is 2.46. The summed E-state index contributed by atoms with van der Waals surface area (Å²) in [5, 5.41) is 11.0. The number of fused-ring (bicyclic) bond motifs is 1. The van der Waals surface area contributed by atoms with E-state index in [0.29, 0.717) is 36.2 Å². The van der Waals surface area contributed by atoms with Crippen LogP contribution in [0.1, 0.15) is 30.7 Å². The number of Topliss-reactive ketones (excluding diaryl/α,β-unsaturated/α-hetero) is 1. The van der Waals surface area contributed by atoms with Crippen molar-refractivity contribution in [3.8, 4) is 11.8 Å². The van der Waals surface area contributed by atoms with Crippen LogP contribution in [0.2, 0.25) is 0 Å². The van der Waals surface area contributed by atoms with E-state index >= 15 is 0 Å². The fraction of sp³-hybridized carbons (Fsp3) is 0.200. The molecule has 0 saturated carbocycles. The molecular formula is C25H19F3N4O2. The second kappa shape index (κ2) is 7.99. The summed E-state index contributed by atoms with van der Waals surface area (Å²) in [6.07, 6.45) is -1.48. The monoisotopic (exact) mass is 464 g/mol. The number of aromatic nitrogens is 1. The first-order chi connectivity index (χ1) is 16.3. The standard InChI is InChI=1S/C25H19F3N4O2/c26-25(27,28)34-17-7-5-16(6-8-17)32-20-2-1-3-21(33)23(20)22(18(13-29)24(32)30)15-4-9-19-14(12-15)10-11-31-19/h4-12,22,31H,1-3,30H2. The average molecular weight is 464 g/mol. The van der Waals surface area contributed by atoms with Crippen molar-refractivity contribution in [3.05, 3.63) is 83.0 Å². The maximum Gasteiger partial charge on any atom is 0.573 e. The number of nitrogens with one attached hydrogen (secondary N) is 1. The molecule has 0 bridgehead atoms. The lowest BCUT2D eigenvalue weighted by Crippen LogP contribution is -2.38. The van der Waals surface area contributed by atoms with Crippen LogP contribution >= 0.6 is 0 Å². The minimum atomic E-state index is -4.81. The summed E-state index contributed by atoms with van der Waals surface area (Å²) < 4.78 is 41.6. The van der Waals surface area contributed by atoms with Crippen LogP contribution in [0.15, 0.2) is 77.4 Å². The summed E-state index contributed by atoms with van der Waals surface area (Å²) in [5.41, 5.74) is 10.0. The normalized spacial score (nSPS) is 18.8. The summed E-state index contributed by atoms with van der Waals surface area (Å²) in [5.74, 6) is -0.901. The van der Waals surface area contributed by atoms with Gasteiger partial charge in [-0.3, -0.25) is 9.69 Å². The van der Waals surface area contributed by atoms with Crippen molar-refractivity contribution in [3.63, 3.8) is 0 Å². The highest BCUT2D eigenvalue weighted by molar-refractivity contribution is 6.01. The first-order valence-electron chi connectivity index (χ1n) is 10.7. The second-order valence-electron chi connectivity index (χ2n) is 8.18. The molecule has 0 radical (unpaired) electrons. The number of nitrogens with two attached hydrogens (primary N) is 1. The second-order valence-corrected chi connectivity index (χ2v) is 8.18. The van der Waals surface area contributed by atoms with E-state index < -0.39 is 12.3 Å². The van der Waals surface area contributed by atoms with Crippen LogP contribution in [0, 0.1) is 11.3 Å². The number of H-pyrrole nitrogens is 1. The molecule has 3 aromatic rings. The number of halogens is 3. The number of allylic oxidation sites excluding steroid dienone is 3. The molecule has 1 unspecified atom stereocenters. The Labute approximate surface area is 192 Å². The van der Waals surface area contributed by atoms with Crippen molar-refractivity contribution < 1.29 is 22.7 Å². The average Bonchev–Trinajstić information content (AvgIpc) is 3.26. The SMILES string of the molecule is N#CC1=C(N)N(c2ccc(OC(F)(F)F)cc2)C2=C(C(=O)CCC2)C1c1ccc2[nH]ccc2c1. The molecule has 0 fully saturated rings. The Hall–Kier alpha value is -4.19. The summed E-state index contributed by atoms with van der Waals surface area (Å²) in [4.78, 5) is 17.9. The third-order valence-electron chi connectivity index (χ3n) is 6.15. The Morgan fingerprint density at radius 2 is 1.88 bits per heavy atom. The van der Waals surface area contributed by atoms with Gasteiger partial charge in [-0.25, -0.2) is 0 Å². The minimum Gasteiger partial charge on any atom is -0.406 e. The van der Waals surface area contributed by atoms with Crippen LogP contribution < -0.4 is 15.4 Å². The number of hydrogen-bond acceptors (Lipinski definition) is 5. The molecule has 6 nitrogen and oxygen atoms in total. The van der Waals surface area contributed by atoms with Gasteiger partial charge < -0.3 is 15.5 Å². The van der Waals surface area contributed by atoms with Gasteiger partial charge in [0.05, 0.1) is 17.6 Å². The number of anilines is 1. The lowest BCUT2D eigenvalue weighted by atomic mass is 9.75. The van der Waals surface area contributed by atoms with Crippen LogP contribution in [0.3, 0.4) is 0 Å². The molecule has 34 heavy (non-hydrogen) atoms. The van der Waals surface area contributed by atoms with Gasteiger partial charge in [0.25, 0.3) is 0 Å². The number of benzene rings is 2. The molecule has 1 aromatic heterocycles. The third-order valence-corrected chi connectivity index (χ3v) is 6.15. The number of nitriles is 1. The largest absolute Gasteiger partial charge is 0.573 e. The Balaban J connectivity index is 1.64. The number of hydrogen-bond donors (Lipinski definition) is 2. The molecule has 1 aliphatic heterocycles. The Kier molecular flexibility index (Phi) is 5.09. The summed E-state index contributed by atoms with van der Waals surface area (Å²) in [6, 6.07) is 15.0. The molecule has 5 rings (SSSR count). The van der Waals surface area contributed by atoms with Crippen molar-refractivity contribution in [2.75, 3.05) is 4.90 Å². The topological polar surface area (TPSA) is 95.1 Å². The molecule has 3 N–H and O–H groups in total. The van der Waals surface area contributed by atoms with E-state index in [0.717, 1.165) is 16.5 Å². The van der Waals surface area contributed by atoms with Crippen molar-refractivity contribution in [1.29, 1.82) is 5.26 Å². The van der Waals surface area contributed by atoms with Crippen molar-refractivity contribution >= 4 is 22.4 Å². The molecule has 2 aromatic carbocycles. The van der Waals surface area contributed by atoms with Gasteiger partial charge in [-0.1, -0.05) is 6.07 Å². The van der Waals surface area contributed by atoms with Crippen LogP contribution in [-0.4, -0.2) is 17.1 Å². The van der Waals surface area contributed by atoms with E-state index in [1.165, 1.54) is 24.3 Å². The number of carbonyl (C=O) groups excluding carboxylic acids is 1. The van der Waals surface area contributed by atoms with E-state index in [9.17, 15) is 23.2 Å². The minimum absolute atomic E-state index is 0.0670. The Bertz CT molecular complexity index is 1390. The number of ether oxygens (including phenoxy) is 1. The van der Waals surface area contributed by atoms with Gasteiger partial charge in [0.15, 0.2) is 5.78 Å². The van der Waals surface area contributed by atoms with Crippen molar-refractivity contribution in [2.24, 2.45) is 5.73 Å². The highest BCUT2D eigenvalue weighted by Gasteiger charge is 2.40. The maximum atomic E-state index is 13.2. The summed E-state index contributed by atoms with van der Waals surface area (Å²) in [6.45, 7) is 0. The van der Waals surface area contributed by atoms with Crippen LogP contribution in [0.4, 0.5) is 18.9 Å². The zero-order valence-corrected chi connectivity index (χ0v) is 17.8. The van der Waals surface area contributed by atoms with E-state index in [2.05, 4.69) is 15.8 Å². The molecular weight excluding hydrogens is 445 g/mol. The molecule has 2 heterocycles. The van der Waals surface area contributed by atoms with Gasteiger partial charge in [-0.05, 0) is 66.3 Å². The number of carbonyl (C=O) groups is 1. The van der Waals surface area contributed by atoms with Gasteiger partial charge in [0, 0.05) is 35.1 Å². The molecule has 172 valence electrons. The lowest BCUT2D eigenvalue weighted by molar-refractivity contribution is -0.274. The number of ketones is 1. The number of rotatable bonds is 3. The predicted octanol–water partition coefficient (Wildman–Crippen LogP) is 5.37. The van der Waals surface area contributed by atoms with Crippen LogP contribution in [0.5, 0.6) is 5.75 Å². The molecule has 1 aliphatic carbocycles. The Morgan fingerprint density at radius 1 is 1.12 bits per heavy atom. The van der Waals surface area contributed by atoms with Crippen LogP contribution in [-0.2, 0) is 4.79 Å². The lowest BCUT2D eigenvalue weighted by Gasteiger charge is -2.39. The number of alkyl halides is 3. The molecule has 2 aliphatic rings. The van der Waals surface area contributed by atoms with Crippen molar-refractivity contribution in [1.82, 2.24) is 4.98 Å². The van der Waals surface area contributed by atoms with E-state index in [4.69, 9.17) is 5.73 Å². The van der Waals surface area contributed by atoms with Gasteiger partial charge in [0.2, 0.25) is 0 Å². The smallest absolute Gasteiger partial charge is 0.406 e. The summed E-state index contributed by atoms with van der Waals surface area (Å²) >= 11 is 0. The molecule has 0 spiro atoms. The van der Waals surface area contributed by atoms with Gasteiger partial charge in [-0.15, -0.1) is 13.2 Å². The fourth-order valence-electron chi connectivity index (χ4n) is 4.76. The van der Waals surface area contributed by atoms with Gasteiger partial charge in [-0.2, -0.15) is 5.26 Å². The quantitative estimate of drug-likeness (QED) is 0.543. The first kappa shape index (κ1) is 21.6. The first-order valence-corrected chi connectivity index (χ1v) is 10.7. The van der Waals surface area contributed by atoms with Crippen molar-refractivity contribution in [2.45, 2.75) is 31.5 Å². The van der Waals surface area contributed by atoms with Crippen LogP contribution in [0.25, 0.3) is 10.9 Å². The molecule has 0 amide bonds. The molecule has 1 atom stereocenters. The number of aromatic amines is 1. The zero-order valence-electron chi connectivity index (χ0n) is 17.8. The van der Waals surface area contributed by atoms with E-state index in [1.54, 1.807) is 4.90 Å². The fourth-order valence-corrected chi connectivity index (χ4v) is 4.76. The van der Waals surface area contributed by atoms with E-state index in [1.807, 2.05) is 30.5 Å². The number of nitrogens with zero attached hydrogens (tertiary/aromatic N) is 2.